The zero-order chi connectivity index (χ0) is 12.1. The number of aliphatic hydroxyl groups is 1. The van der Waals surface area contributed by atoms with E-state index in [1.54, 1.807) is 0 Å². The maximum Gasteiger partial charge on any atom is 0.0617 e. The Labute approximate surface area is 117 Å². The average molecular weight is 342 g/mol. The summed E-state index contributed by atoms with van der Waals surface area (Å²) in [7, 11) is 0. The van der Waals surface area contributed by atoms with Crippen LogP contribution in [0.25, 0.3) is 0 Å². The highest BCUT2D eigenvalue weighted by Gasteiger charge is 2.10. The van der Waals surface area contributed by atoms with Crippen LogP contribution in [0.5, 0.6) is 0 Å². The third-order valence-corrected chi connectivity index (χ3v) is 3.99. The van der Waals surface area contributed by atoms with Crippen molar-refractivity contribution in [3.63, 3.8) is 0 Å². The van der Waals surface area contributed by atoms with Crippen LogP contribution in [0.1, 0.15) is 37.7 Å². The zero-order valence-electron chi connectivity index (χ0n) is 10.0. The van der Waals surface area contributed by atoms with Crippen molar-refractivity contribution in [3.05, 3.63) is 45.0 Å². The molecule has 17 heavy (non-hydrogen) atoms. The molecule has 0 saturated carbocycles. The second kappa shape index (κ2) is 6.55. The quantitative estimate of drug-likeness (QED) is 0.646. The molecule has 2 heteroatoms. The van der Waals surface area contributed by atoms with E-state index in [4.69, 9.17) is 0 Å². The van der Waals surface area contributed by atoms with Crippen LogP contribution in [0.3, 0.4) is 0 Å². The third kappa shape index (κ3) is 4.43. The van der Waals surface area contributed by atoms with E-state index < -0.39 is 0 Å². The van der Waals surface area contributed by atoms with Crippen LogP contribution in [-0.4, -0.2) is 11.2 Å². The first-order valence-electron chi connectivity index (χ1n) is 6.34. The molecule has 92 valence electrons. The molecule has 0 radical (unpaired) electrons. The first-order chi connectivity index (χ1) is 8.24. The molecule has 0 aliphatic heterocycles. The molecule has 0 aromatic heterocycles. The van der Waals surface area contributed by atoms with Crippen LogP contribution < -0.4 is 0 Å². The van der Waals surface area contributed by atoms with Crippen molar-refractivity contribution < 1.29 is 5.11 Å². The summed E-state index contributed by atoms with van der Waals surface area (Å²) in [6.45, 7) is 0. The van der Waals surface area contributed by atoms with Crippen LogP contribution in [0.2, 0.25) is 0 Å². The number of hydrogen-bond donors (Lipinski definition) is 1. The van der Waals surface area contributed by atoms with E-state index in [2.05, 4.69) is 52.9 Å². The number of hydrogen-bond acceptors (Lipinski definition) is 1. The molecule has 1 N–H and O–H groups in total. The Bertz CT molecular complexity index is 380. The lowest BCUT2D eigenvalue weighted by Gasteiger charge is -2.16. The minimum Gasteiger partial charge on any atom is -0.392 e. The Morgan fingerprint density at radius 3 is 2.53 bits per heavy atom. The van der Waals surface area contributed by atoms with Gasteiger partial charge in [-0.05, 0) is 78.8 Å². The topological polar surface area (TPSA) is 20.2 Å². The van der Waals surface area contributed by atoms with Crippen molar-refractivity contribution in [2.45, 2.75) is 44.6 Å². The molecule has 0 saturated heterocycles. The van der Waals surface area contributed by atoms with E-state index in [0.717, 1.165) is 12.8 Å². The maximum atomic E-state index is 10.1. The van der Waals surface area contributed by atoms with Crippen molar-refractivity contribution in [3.8, 4) is 0 Å². The standard InChI is InChI=1S/C15H19IO/c16-14-8-6-13(7-9-14)11-15(17)10-12-4-2-1-3-5-12/h4,6-9,15,17H,1-3,5,10-11H2. The van der Waals surface area contributed by atoms with Crippen molar-refractivity contribution >= 4 is 22.6 Å². The summed E-state index contributed by atoms with van der Waals surface area (Å²) >= 11 is 2.30. The fourth-order valence-corrected chi connectivity index (χ4v) is 2.72. The van der Waals surface area contributed by atoms with E-state index in [0.29, 0.717) is 0 Å². The van der Waals surface area contributed by atoms with E-state index in [1.807, 2.05) is 0 Å². The lowest BCUT2D eigenvalue weighted by atomic mass is 9.93. The van der Waals surface area contributed by atoms with Gasteiger partial charge in [-0.1, -0.05) is 23.8 Å². The Morgan fingerprint density at radius 1 is 1.12 bits per heavy atom. The van der Waals surface area contributed by atoms with Crippen molar-refractivity contribution in [2.75, 3.05) is 0 Å². The molecule has 0 amide bonds. The molecule has 1 nitrogen and oxygen atoms in total. The molecule has 1 atom stereocenters. The monoisotopic (exact) mass is 342 g/mol. The predicted octanol–water partition coefficient (Wildman–Crippen LogP) is 4.09. The summed E-state index contributed by atoms with van der Waals surface area (Å²) in [4.78, 5) is 0. The molecular formula is C15H19IO. The molecular weight excluding hydrogens is 323 g/mol. The molecule has 1 aromatic carbocycles. The minimum atomic E-state index is -0.223. The highest BCUT2D eigenvalue weighted by atomic mass is 127. The summed E-state index contributed by atoms with van der Waals surface area (Å²) in [5.41, 5.74) is 2.68. The van der Waals surface area contributed by atoms with E-state index in [9.17, 15) is 5.11 Å². The smallest absolute Gasteiger partial charge is 0.0617 e. The number of rotatable bonds is 4. The largest absolute Gasteiger partial charge is 0.392 e. The molecule has 1 unspecified atom stereocenters. The van der Waals surface area contributed by atoms with E-state index >= 15 is 0 Å². The van der Waals surface area contributed by atoms with Crippen molar-refractivity contribution in [2.24, 2.45) is 0 Å². The van der Waals surface area contributed by atoms with Crippen LogP contribution >= 0.6 is 22.6 Å². The normalized spacial score (nSPS) is 17.6. The second-order valence-electron chi connectivity index (χ2n) is 4.80. The molecule has 1 aliphatic carbocycles. The molecule has 2 rings (SSSR count). The number of aliphatic hydroxyl groups excluding tert-OH is 1. The lowest BCUT2D eigenvalue weighted by Crippen LogP contribution is -2.12. The van der Waals surface area contributed by atoms with Gasteiger partial charge < -0.3 is 5.11 Å². The van der Waals surface area contributed by atoms with Crippen LogP contribution in [0, 0.1) is 3.57 Å². The fraction of sp³-hybridized carbons (Fsp3) is 0.467. The van der Waals surface area contributed by atoms with Gasteiger partial charge in [-0.3, -0.25) is 0 Å². The first kappa shape index (κ1) is 13.1. The van der Waals surface area contributed by atoms with Crippen LogP contribution in [0.15, 0.2) is 35.9 Å². The first-order valence-corrected chi connectivity index (χ1v) is 7.42. The van der Waals surface area contributed by atoms with Gasteiger partial charge in [0, 0.05) is 3.57 Å². The maximum absolute atomic E-state index is 10.1. The van der Waals surface area contributed by atoms with Crippen LogP contribution in [0.4, 0.5) is 0 Å². The van der Waals surface area contributed by atoms with Crippen molar-refractivity contribution in [1.82, 2.24) is 0 Å². The lowest BCUT2D eigenvalue weighted by molar-refractivity contribution is 0.173. The zero-order valence-corrected chi connectivity index (χ0v) is 12.2. The van der Waals surface area contributed by atoms with Gasteiger partial charge in [-0.25, -0.2) is 0 Å². The fourth-order valence-electron chi connectivity index (χ4n) is 2.36. The summed E-state index contributed by atoms with van der Waals surface area (Å²) in [5, 5.41) is 10.1. The summed E-state index contributed by atoms with van der Waals surface area (Å²) < 4.78 is 1.25. The second-order valence-corrected chi connectivity index (χ2v) is 6.04. The number of halogens is 1. The molecule has 0 bridgehead atoms. The van der Waals surface area contributed by atoms with Crippen LogP contribution in [-0.2, 0) is 6.42 Å². The van der Waals surface area contributed by atoms with Gasteiger partial charge in [-0.15, -0.1) is 0 Å². The van der Waals surface area contributed by atoms with Crippen molar-refractivity contribution in [1.29, 1.82) is 0 Å². The average Bonchev–Trinajstić information content (AvgIpc) is 2.33. The van der Waals surface area contributed by atoms with Gasteiger partial charge in [0.1, 0.15) is 0 Å². The Hall–Kier alpha value is -0.350. The molecule has 1 aliphatic rings. The summed E-state index contributed by atoms with van der Waals surface area (Å²) in [6.07, 6.45) is 8.72. The molecule has 0 heterocycles. The SMILES string of the molecule is OC(CC1=CCCCC1)Cc1ccc(I)cc1. The highest BCUT2D eigenvalue weighted by Crippen LogP contribution is 2.22. The van der Waals surface area contributed by atoms with Gasteiger partial charge in [0.25, 0.3) is 0 Å². The Morgan fingerprint density at radius 2 is 1.88 bits per heavy atom. The van der Waals surface area contributed by atoms with Gasteiger partial charge in [0.15, 0.2) is 0 Å². The molecule has 0 fully saturated rings. The third-order valence-electron chi connectivity index (χ3n) is 3.27. The number of benzene rings is 1. The van der Waals surface area contributed by atoms with Gasteiger partial charge in [-0.2, -0.15) is 0 Å². The Kier molecular flexibility index (Phi) is 5.04. The van der Waals surface area contributed by atoms with Gasteiger partial charge in [0.05, 0.1) is 6.10 Å². The molecule has 1 aromatic rings. The van der Waals surface area contributed by atoms with Gasteiger partial charge in [0.2, 0.25) is 0 Å². The van der Waals surface area contributed by atoms with E-state index in [-0.39, 0.29) is 6.10 Å². The van der Waals surface area contributed by atoms with Gasteiger partial charge >= 0.3 is 0 Å². The van der Waals surface area contributed by atoms with E-state index in [1.165, 1.54) is 40.4 Å². The Balaban J connectivity index is 1.86. The minimum absolute atomic E-state index is 0.223. The predicted molar refractivity (Wildman–Crippen MR) is 80.0 cm³/mol. The summed E-state index contributed by atoms with van der Waals surface area (Å²) in [5.74, 6) is 0. The highest BCUT2D eigenvalue weighted by molar-refractivity contribution is 14.1. The number of allylic oxidation sites excluding steroid dienone is 1. The molecule has 0 spiro atoms. The summed E-state index contributed by atoms with van der Waals surface area (Å²) in [6, 6.07) is 8.42.